The zero-order chi connectivity index (χ0) is 24.9. The first-order valence-corrected chi connectivity index (χ1v) is 12.7. The van der Waals surface area contributed by atoms with E-state index in [4.69, 9.17) is 0 Å². The number of amides is 2. The molecule has 1 atom stereocenters. The lowest BCUT2D eigenvalue weighted by Gasteiger charge is -2.30. The van der Waals surface area contributed by atoms with Gasteiger partial charge in [0.2, 0.25) is 21.8 Å². The van der Waals surface area contributed by atoms with Crippen LogP contribution < -0.4 is 5.32 Å². The summed E-state index contributed by atoms with van der Waals surface area (Å²) in [7, 11) is -2.53. The van der Waals surface area contributed by atoms with Crippen LogP contribution in [0.25, 0.3) is 10.8 Å². The third-order valence-electron chi connectivity index (χ3n) is 5.78. The summed E-state index contributed by atoms with van der Waals surface area (Å²) >= 11 is 0. The fraction of sp³-hybridized carbons (Fsp3) is 0.308. The first-order chi connectivity index (χ1) is 16.1. The zero-order valence-corrected chi connectivity index (χ0v) is 20.8. The van der Waals surface area contributed by atoms with Crippen molar-refractivity contribution in [2.45, 2.75) is 38.3 Å². The maximum Gasteiger partial charge on any atom is 0.243 e. The second kappa shape index (κ2) is 10.8. The Morgan fingerprint density at radius 1 is 0.971 bits per heavy atom. The number of likely N-dealkylation sites (N-methyl/N-ethyl adjacent to an activating group) is 2. The minimum absolute atomic E-state index is 0.114. The van der Waals surface area contributed by atoms with Gasteiger partial charge in [-0.15, -0.1) is 0 Å². The van der Waals surface area contributed by atoms with E-state index in [9.17, 15) is 18.0 Å². The molecule has 2 amide bonds. The number of fused-ring (bicyclic) bond motifs is 1. The minimum atomic E-state index is -3.91. The van der Waals surface area contributed by atoms with Gasteiger partial charge in [0, 0.05) is 20.1 Å². The first-order valence-electron chi connectivity index (χ1n) is 11.2. The lowest BCUT2D eigenvalue weighted by atomic mass is 10.1. The molecule has 1 N–H and O–H groups in total. The average molecular weight is 482 g/mol. The smallest absolute Gasteiger partial charge is 0.243 e. The Hall–Kier alpha value is -3.23. The van der Waals surface area contributed by atoms with Gasteiger partial charge in [-0.3, -0.25) is 9.59 Å². The van der Waals surface area contributed by atoms with E-state index < -0.39 is 22.0 Å². The Bertz CT molecular complexity index is 1270. The zero-order valence-electron chi connectivity index (χ0n) is 20.0. The van der Waals surface area contributed by atoms with E-state index in [1.54, 1.807) is 32.0 Å². The molecule has 7 nitrogen and oxygen atoms in total. The highest BCUT2D eigenvalue weighted by Crippen LogP contribution is 2.21. The molecule has 0 heterocycles. The molecule has 3 aromatic carbocycles. The SMILES string of the molecule is CCNC(=O)[C@@H](C)N(Cc1ccc(C)cc1)C(=O)CN(C)S(=O)(=O)c1ccc2ccccc2c1. The summed E-state index contributed by atoms with van der Waals surface area (Å²) in [4.78, 5) is 27.4. The molecule has 3 rings (SSSR count). The fourth-order valence-corrected chi connectivity index (χ4v) is 4.83. The number of sulfonamides is 1. The van der Waals surface area contributed by atoms with Crippen molar-refractivity contribution in [3.8, 4) is 0 Å². The summed E-state index contributed by atoms with van der Waals surface area (Å²) in [5.74, 6) is -0.741. The summed E-state index contributed by atoms with van der Waals surface area (Å²) in [6.07, 6.45) is 0. The third kappa shape index (κ3) is 5.81. The number of carbonyl (C=O) groups excluding carboxylic acids is 2. The predicted molar refractivity (Wildman–Crippen MR) is 134 cm³/mol. The highest BCUT2D eigenvalue weighted by molar-refractivity contribution is 7.89. The van der Waals surface area contributed by atoms with Gasteiger partial charge in [0.1, 0.15) is 6.04 Å². The summed E-state index contributed by atoms with van der Waals surface area (Å²) < 4.78 is 27.5. The number of hydrogen-bond donors (Lipinski definition) is 1. The molecule has 0 radical (unpaired) electrons. The molecule has 0 unspecified atom stereocenters. The van der Waals surface area contributed by atoms with Crippen LogP contribution in [-0.4, -0.2) is 55.6 Å². The van der Waals surface area contributed by atoms with Crippen molar-refractivity contribution in [2.24, 2.45) is 0 Å². The first kappa shape index (κ1) is 25.4. The van der Waals surface area contributed by atoms with Crippen LogP contribution in [-0.2, 0) is 26.2 Å². The summed E-state index contributed by atoms with van der Waals surface area (Å²) in [5.41, 5.74) is 1.94. The molecule has 0 aromatic heterocycles. The van der Waals surface area contributed by atoms with Gasteiger partial charge in [-0.05, 0) is 49.2 Å². The van der Waals surface area contributed by atoms with Crippen LogP contribution in [0.4, 0.5) is 0 Å². The van der Waals surface area contributed by atoms with Gasteiger partial charge in [-0.1, -0.05) is 60.2 Å². The molecule has 34 heavy (non-hydrogen) atoms. The Labute approximate surface area is 201 Å². The number of nitrogens with one attached hydrogen (secondary N) is 1. The molecular weight excluding hydrogens is 450 g/mol. The van der Waals surface area contributed by atoms with Crippen LogP contribution in [0.15, 0.2) is 71.6 Å². The van der Waals surface area contributed by atoms with Gasteiger partial charge < -0.3 is 10.2 Å². The van der Waals surface area contributed by atoms with Crippen LogP contribution in [0.3, 0.4) is 0 Å². The maximum atomic E-state index is 13.3. The quantitative estimate of drug-likeness (QED) is 0.508. The lowest BCUT2D eigenvalue weighted by Crippen LogP contribution is -2.50. The second-order valence-electron chi connectivity index (χ2n) is 8.35. The van der Waals surface area contributed by atoms with Crippen molar-refractivity contribution in [1.29, 1.82) is 0 Å². The largest absolute Gasteiger partial charge is 0.355 e. The topological polar surface area (TPSA) is 86.8 Å². The molecule has 0 fully saturated rings. The normalized spacial score (nSPS) is 12.5. The molecular formula is C26H31N3O4S. The number of hydrogen-bond acceptors (Lipinski definition) is 4. The summed E-state index contributed by atoms with van der Waals surface area (Å²) in [6.45, 7) is 5.67. The van der Waals surface area contributed by atoms with Crippen LogP contribution in [0, 0.1) is 6.92 Å². The Morgan fingerprint density at radius 3 is 2.26 bits per heavy atom. The van der Waals surface area contributed by atoms with Crippen molar-refractivity contribution in [1.82, 2.24) is 14.5 Å². The van der Waals surface area contributed by atoms with Gasteiger partial charge in [-0.2, -0.15) is 4.31 Å². The number of rotatable bonds is 9. The van der Waals surface area contributed by atoms with Crippen molar-refractivity contribution < 1.29 is 18.0 Å². The predicted octanol–water partition coefficient (Wildman–Crippen LogP) is 3.32. The van der Waals surface area contributed by atoms with E-state index in [2.05, 4.69) is 5.32 Å². The van der Waals surface area contributed by atoms with Gasteiger partial charge in [0.15, 0.2) is 0 Å². The van der Waals surface area contributed by atoms with Gasteiger partial charge in [0.25, 0.3) is 0 Å². The molecule has 8 heteroatoms. The molecule has 180 valence electrons. The minimum Gasteiger partial charge on any atom is -0.355 e. The molecule has 0 aliphatic heterocycles. The second-order valence-corrected chi connectivity index (χ2v) is 10.4. The van der Waals surface area contributed by atoms with Crippen LogP contribution >= 0.6 is 0 Å². The standard InChI is InChI=1S/C26H31N3O4S/c1-5-27-26(31)20(3)29(17-21-12-10-19(2)11-13-21)25(30)18-28(4)34(32,33)24-15-14-22-8-6-7-9-23(22)16-24/h6-16,20H,5,17-18H2,1-4H3,(H,27,31)/t20-/m1/s1. The lowest BCUT2D eigenvalue weighted by molar-refractivity contribution is -0.140. The van der Waals surface area contributed by atoms with E-state index in [0.717, 1.165) is 26.2 Å². The molecule has 0 saturated heterocycles. The number of aryl methyl sites for hydroxylation is 1. The van der Waals surface area contributed by atoms with E-state index >= 15 is 0 Å². The van der Waals surface area contributed by atoms with Crippen molar-refractivity contribution >= 4 is 32.6 Å². The van der Waals surface area contributed by atoms with Crippen molar-refractivity contribution in [3.05, 3.63) is 77.9 Å². The number of benzene rings is 3. The monoisotopic (exact) mass is 481 g/mol. The number of carbonyl (C=O) groups is 2. The Morgan fingerprint density at radius 2 is 1.62 bits per heavy atom. The van der Waals surface area contributed by atoms with Gasteiger partial charge >= 0.3 is 0 Å². The number of nitrogens with zero attached hydrogens (tertiary/aromatic N) is 2. The molecule has 0 spiro atoms. The molecule has 0 saturated carbocycles. The summed E-state index contributed by atoms with van der Waals surface area (Å²) in [5, 5.41) is 4.47. The molecule has 0 bridgehead atoms. The van der Waals surface area contributed by atoms with Crippen LogP contribution in [0.2, 0.25) is 0 Å². The summed E-state index contributed by atoms with van der Waals surface area (Å²) in [6, 6.07) is 19.3. The average Bonchev–Trinajstić information content (AvgIpc) is 2.82. The van der Waals surface area contributed by atoms with Crippen molar-refractivity contribution in [3.63, 3.8) is 0 Å². The Kier molecular flexibility index (Phi) is 8.06. The molecule has 0 aliphatic carbocycles. The van der Waals surface area contributed by atoms with Gasteiger partial charge in [0.05, 0.1) is 11.4 Å². The van der Waals surface area contributed by atoms with E-state index in [1.807, 2.05) is 55.5 Å². The third-order valence-corrected chi connectivity index (χ3v) is 7.58. The Balaban J connectivity index is 1.84. The van der Waals surface area contributed by atoms with E-state index in [1.165, 1.54) is 11.9 Å². The highest BCUT2D eigenvalue weighted by atomic mass is 32.2. The van der Waals surface area contributed by atoms with Crippen LogP contribution in [0.5, 0.6) is 0 Å². The fourth-order valence-electron chi connectivity index (χ4n) is 3.67. The molecule has 0 aliphatic rings. The van der Waals surface area contributed by atoms with Gasteiger partial charge in [-0.25, -0.2) is 8.42 Å². The highest BCUT2D eigenvalue weighted by Gasteiger charge is 2.30. The van der Waals surface area contributed by atoms with E-state index in [0.29, 0.717) is 6.54 Å². The van der Waals surface area contributed by atoms with Crippen LogP contribution in [0.1, 0.15) is 25.0 Å². The van der Waals surface area contributed by atoms with Crippen molar-refractivity contribution in [2.75, 3.05) is 20.1 Å². The maximum absolute atomic E-state index is 13.3. The molecule has 3 aromatic rings. The van der Waals surface area contributed by atoms with E-state index in [-0.39, 0.29) is 23.9 Å².